The van der Waals surface area contributed by atoms with Crippen LogP contribution in [0.15, 0.2) is 16.6 Å². The van der Waals surface area contributed by atoms with Crippen molar-refractivity contribution < 1.29 is 4.79 Å². The summed E-state index contributed by atoms with van der Waals surface area (Å²) in [7, 11) is 0. The summed E-state index contributed by atoms with van der Waals surface area (Å²) in [4.78, 5) is 15.1. The minimum atomic E-state index is -0.123. The van der Waals surface area contributed by atoms with E-state index in [-0.39, 0.29) is 11.7 Å². The van der Waals surface area contributed by atoms with E-state index in [9.17, 15) is 10.1 Å². The van der Waals surface area contributed by atoms with Gasteiger partial charge in [0.2, 0.25) is 5.91 Å². The number of nitriles is 1. The van der Waals surface area contributed by atoms with Crippen LogP contribution in [0.2, 0.25) is 0 Å². The summed E-state index contributed by atoms with van der Waals surface area (Å²) in [6, 6.07) is 4.40. The number of carbonyl (C=O) groups is 1. The molecule has 0 aromatic carbocycles. The Bertz CT molecular complexity index is 1120. The highest BCUT2D eigenvalue weighted by Gasteiger charge is 2.25. The van der Waals surface area contributed by atoms with Crippen molar-refractivity contribution in [2.45, 2.75) is 51.7 Å². The Morgan fingerprint density at radius 1 is 1.47 bits per heavy atom. The summed E-state index contributed by atoms with van der Waals surface area (Å²) in [6.07, 6.45) is 3.01. The SMILES string of the molecule is CCn1c(SCC(=O)Nc2sc3c(c2C#N)CCC(C)C3)nnc1-c1csc(C)c1. The second-order valence-corrected chi connectivity index (χ2v) is 10.7. The van der Waals surface area contributed by atoms with E-state index in [1.54, 1.807) is 22.7 Å². The molecule has 30 heavy (non-hydrogen) atoms. The zero-order valence-corrected chi connectivity index (χ0v) is 19.6. The normalized spacial score (nSPS) is 15.6. The minimum Gasteiger partial charge on any atom is -0.316 e. The monoisotopic (exact) mass is 457 g/mol. The van der Waals surface area contributed by atoms with E-state index >= 15 is 0 Å². The summed E-state index contributed by atoms with van der Waals surface area (Å²) in [5, 5.41) is 24.7. The van der Waals surface area contributed by atoms with Gasteiger partial charge in [0, 0.05) is 27.2 Å². The predicted molar refractivity (Wildman–Crippen MR) is 123 cm³/mol. The fraction of sp³-hybridized carbons (Fsp3) is 0.429. The molecule has 6 nitrogen and oxygen atoms in total. The molecule has 1 N–H and O–H groups in total. The number of aromatic nitrogens is 3. The van der Waals surface area contributed by atoms with Crippen LogP contribution in [0.3, 0.4) is 0 Å². The van der Waals surface area contributed by atoms with Gasteiger partial charge in [-0.3, -0.25) is 4.79 Å². The lowest BCUT2D eigenvalue weighted by atomic mass is 9.89. The molecule has 3 aromatic rings. The number of nitrogens with zero attached hydrogens (tertiary/aromatic N) is 4. The van der Waals surface area contributed by atoms with E-state index < -0.39 is 0 Å². The lowest BCUT2D eigenvalue weighted by Crippen LogP contribution is -2.14. The van der Waals surface area contributed by atoms with Gasteiger partial charge in [-0.1, -0.05) is 18.7 Å². The molecule has 1 aliphatic rings. The molecule has 0 saturated heterocycles. The Hall–Kier alpha value is -2.15. The van der Waals surface area contributed by atoms with Crippen molar-refractivity contribution in [1.29, 1.82) is 5.26 Å². The van der Waals surface area contributed by atoms with Crippen LogP contribution >= 0.6 is 34.4 Å². The summed E-state index contributed by atoms with van der Waals surface area (Å²) >= 11 is 4.61. The maximum Gasteiger partial charge on any atom is 0.235 e. The Labute approximate surface area is 188 Å². The number of fused-ring (bicyclic) bond motifs is 1. The molecule has 9 heteroatoms. The van der Waals surface area contributed by atoms with E-state index in [0.717, 1.165) is 47.9 Å². The number of thiophene rings is 2. The number of amides is 1. The summed E-state index contributed by atoms with van der Waals surface area (Å²) < 4.78 is 2.03. The second-order valence-electron chi connectivity index (χ2n) is 7.50. The Kier molecular flexibility index (Phi) is 6.27. The first-order valence-corrected chi connectivity index (χ1v) is 12.6. The van der Waals surface area contributed by atoms with Crippen LogP contribution < -0.4 is 5.32 Å². The van der Waals surface area contributed by atoms with Crippen molar-refractivity contribution in [3.8, 4) is 17.5 Å². The first-order valence-electron chi connectivity index (χ1n) is 9.96. The molecule has 3 aromatic heterocycles. The van der Waals surface area contributed by atoms with Crippen LogP contribution in [0.4, 0.5) is 5.00 Å². The molecule has 1 aliphatic carbocycles. The fourth-order valence-corrected chi connectivity index (χ4v) is 6.57. The molecule has 0 saturated carbocycles. The first-order chi connectivity index (χ1) is 14.5. The van der Waals surface area contributed by atoms with Crippen molar-refractivity contribution in [2.24, 2.45) is 5.92 Å². The largest absolute Gasteiger partial charge is 0.316 e. The van der Waals surface area contributed by atoms with Crippen molar-refractivity contribution in [2.75, 3.05) is 11.1 Å². The Balaban J connectivity index is 1.45. The van der Waals surface area contributed by atoms with Crippen molar-refractivity contribution in [1.82, 2.24) is 14.8 Å². The van der Waals surface area contributed by atoms with Gasteiger partial charge in [-0.05, 0) is 50.7 Å². The number of thioether (sulfide) groups is 1. The Morgan fingerprint density at radius 2 is 2.30 bits per heavy atom. The van der Waals surface area contributed by atoms with Gasteiger partial charge >= 0.3 is 0 Å². The number of hydrogen-bond acceptors (Lipinski definition) is 7. The van der Waals surface area contributed by atoms with Crippen LogP contribution in [-0.2, 0) is 24.2 Å². The average molecular weight is 458 g/mol. The third kappa shape index (κ3) is 4.17. The molecule has 4 rings (SSSR count). The number of nitrogens with one attached hydrogen (secondary N) is 1. The van der Waals surface area contributed by atoms with Gasteiger partial charge in [-0.25, -0.2) is 0 Å². The van der Waals surface area contributed by atoms with E-state index in [4.69, 9.17) is 0 Å². The fourth-order valence-electron chi connectivity index (χ4n) is 3.70. The summed E-state index contributed by atoms with van der Waals surface area (Å²) in [5.41, 5.74) is 2.83. The molecule has 0 fully saturated rings. The van der Waals surface area contributed by atoms with Gasteiger partial charge in [-0.15, -0.1) is 32.9 Å². The van der Waals surface area contributed by atoms with E-state index in [2.05, 4.69) is 46.9 Å². The smallest absolute Gasteiger partial charge is 0.235 e. The van der Waals surface area contributed by atoms with Gasteiger partial charge < -0.3 is 9.88 Å². The van der Waals surface area contributed by atoms with Crippen molar-refractivity contribution in [3.05, 3.63) is 32.3 Å². The Morgan fingerprint density at radius 3 is 3.00 bits per heavy atom. The van der Waals surface area contributed by atoms with Crippen molar-refractivity contribution >= 4 is 45.3 Å². The highest BCUT2D eigenvalue weighted by Crippen LogP contribution is 2.39. The van der Waals surface area contributed by atoms with Gasteiger partial charge in [0.1, 0.15) is 11.1 Å². The van der Waals surface area contributed by atoms with Crippen LogP contribution in [0.5, 0.6) is 0 Å². The number of anilines is 1. The number of aryl methyl sites for hydroxylation is 1. The highest BCUT2D eigenvalue weighted by molar-refractivity contribution is 7.99. The van der Waals surface area contributed by atoms with Crippen molar-refractivity contribution in [3.63, 3.8) is 0 Å². The van der Waals surface area contributed by atoms with E-state index in [0.29, 0.717) is 16.5 Å². The summed E-state index contributed by atoms with van der Waals surface area (Å²) in [6.45, 7) is 7.08. The molecular weight excluding hydrogens is 434 g/mol. The zero-order valence-electron chi connectivity index (χ0n) is 17.2. The van der Waals surface area contributed by atoms with Gasteiger partial charge in [0.05, 0.1) is 11.3 Å². The van der Waals surface area contributed by atoms with Gasteiger partial charge in [0.25, 0.3) is 0 Å². The van der Waals surface area contributed by atoms with Crippen LogP contribution in [0, 0.1) is 24.2 Å². The number of rotatable bonds is 6. The zero-order chi connectivity index (χ0) is 21.3. The molecular formula is C21H23N5OS3. The van der Waals surface area contributed by atoms with Crippen LogP contribution in [-0.4, -0.2) is 26.4 Å². The highest BCUT2D eigenvalue weighted by atomic mass is 32.2. The topological polar surface area (TPSA) is 83.6 Å². The molecule has 156 valence electrons. The molecule has 3 heterocycles. The maximum absolute atomic E-state index is 12.6. The minimum absolute atomic E-state index is 0.123. The molecule has 1 atom stereocenters. The molecule has 1 amide bonds. The maximum atomic E-state index is 12.6. The van der Waals surface area contributed by atoms with Crippen LogP contribution in [0.1, 0.15) is 41.1 Å². The second kappa shape index (κ2) is 8.92. The van der Waals surface area contributed by atoms with E-state index in [1.165, 1.54) is 21.5 Å². The lowest BCUT2D eigenvalue weighted by molar-refractivity contribution is -0.113. The molecule has 0 bridgehead atoms. The first kappa shape index (κ1) is 21.1. The van der Waals surface area contributed by atoms with Gasteiger partial charge in [-0.2, -0.15) is 5.26 Å². The predicted octanol–water partition coefficient (Wildman–Crippen LogP) is 5.12. The number of hydrogen-bond donors (Lipinski definition) is 1. The molecule has 0 radical (unpaired) electrons. The lowest BCUT2D eigenvalue weighted by Gasteiger charge is -2.17. The van der Waals surface area contributed by atoms with Crippen LogP contribution in [0.25, 0.3) is 11.4 Å². The average Bonchev–Trinajstić information content (AvgIpc) is 3.41. The third-order valence-electron chi connectivity index (χ3n) is 5.23. The standard InChI is InChI=1S/C21H23N5OS3/c1-4-26-19(14-8-13(3)28-10-14)24-25-21(26)29-11-18(27)23-20-16(9-22)15-6-5-12(2)7-17(15)30-20/h8,10,12H,4-7,11H2,1-3H3,(H,23,27). The number of carbonyl (C=O) groups excluding carboxylic acids is 1. The van der Waals surface area contributed by atoms with E-state index in [1.807, 2.05) is 11.5 Å². The molecule has 0 spiro atoms. The molecule has 0 aliphatic heterocycles. The summed E-state index contributed by atoms with van der Waals surface area (Å²) in [5.74, 6) is 1.56. The quantitative estimate of drug-likeness (QED) is 0.519. The van der Waals surface area contributed by atoms with Gasteiger partial charge in [0.15, 0.2) is 11.0 Å². The molecule has 1 unspecified atom stereocenters. The third-order valence-corrected chi connectivity index (χ3v) is 8.23.